The molecule has 7 heteroatoms. The molecule has 39 heavy (non-hydrogen) atoms. The van der Waals surface area contributed by atoms with Crippen LogP contribution in [-0.2, 0) is 20.8 Å². The second-order valence-electron chi connectivity index (χ2n) is 10.3. The summed E-state index contributed by atoms with van der Waals surface area (Å²) in [6.45, 7) is 0.447. The van der Waals surface area contributed by atoms with Crippen LogP contribution in [-0.4, -0.2) is 60.7 Å². The Kier molecular flexibility index (Phi) is 9.50. The van der Waals surface area contributed by atoms with Gasteiger partial charge in [-0.25, -0.2) is 0 Å². The third-order valence-electron chi connectivity index (χ3n) is 7.44. The van der Waals surface area contributed by atoms with E-state index in [1.807, 2.05) is 42.5 Å². The van der Waals surface area contributed by atoms with E-state index in [2.05, 4.69) is 24.3 Å². The van der Waals surface area contributed by atoms with Gasteiger partial charge in [0.15, 0.2) is 12.4 Å². The average molecular weight is 535 g/mol. The van der Waals surface area contributed by atoms with Gasteiger partial charge in [0.25, 0.3) is 0 Å². The minimum atomic E-state index is -1.22. The summed E-state index contributed by atoms with van der Waals surface area (Å²) in [7, 11) is 1.48. The van der Waals surface area contributed by atoms with Crippen molar-refractivity contribution in [3.05, 3.63) is 84.4 Å². The van der Waals surface area contributed by atoms with Gasteiger partial charge in [-0.3, -0.25) is 0 Å². The predicted molar refractivity (Wildman–Crippen MR) is 148 cm³/mol. The smallest absolute Gasteiger partial charge is 0.197 e. The van der Waals surface area contributed by atoms with Crippen molar-refractivity contribution in [2.45, 2.75) is 75.5 Å². The van der Waals surface area contributed by atoms with Crippen LogP contribution in [0, 0.1) is 0 Å². The molecule has 1 saturated heterocycles. The summed E-state index contributed by atoms with van der Waals surface area (Å²) in [6.07, 6.45) is 1.17. The number of aliphatic hydroxyl groups is 2. The van der Waals surface area contributed by atoms with Crippen LogP contribution < -0.4 is 9.47 Å². The zero-order valence-corrected chi connectivity index (χ0v) is 22.4. The van der Waals surface area contributed by atoms with Crippen LogP contribution in [0.1, 0.15) is 37.7 Å². The highest BCUT2D eigenvalue weighted by Gasteiger charge is 2.46. The van der Waals surface area contributed by atoms with Crippen LogP contribution >= 0.6 is 0 Å². The molecule has 1 aliphatic carbocycles. The number of aliphatic hydroxyl groups excluding tert-OH is 2. The van der Waals surface area contributed by atoms with Gasteiger partial charge >= 0.3 is 0 Å². The van der Waals surface area contributed by atoms with Crippen molar-refractivity contribution in [1.29, 1.82) is 0 Å². The number of hydrogen-bond donors (Lipinski definition) is 2. The van der Waals surface area contributed by atoms with E-state index in [0.717, 1.165) is 35.3 Å². The van der Waals surface area contributed by atoms with E-state index in [1.165, 1.54) is 26.4 Å². The highest BCUT2D eigenvalue weighted by atomic mass is 16.7. The number of rotatable bonds is 10. The van der Waals surface area contributed by atoms with Crippen molar-refractivity contribution in [2.75, 3.05) is 13.7 Å². The minimum Gasteiger partial charge on any atom is -0.490 e. The molecule has 3 aromatic rings. The minimum absolute atomic E-state index is 0.0957. The molecule has 1 aliphatic heterocycles. The lowest BCUT2D eigenvalue weighted by atomic mass is 9.98. The third-order valence-corrected chi connectivity index (χ3v) is 7.44. The van der Waals surface area contributed by atoms with E-state index in [0.29, 0.717) is 12.4 Å². The first-order chi connectivity index (χ1) is 19.1. The average Bonchev–Trinajstić information content (AvgIpc) is 2.99. The first-order valence-electron chi connectivity index (χ1n) is 13.8. The molecule has 0 bridgehead atoms. The highest BCUT2D eigenvalue weighted by molar-refractivity contribution is 5.63. The molecule has 0 aromatic heterocycles. The summed E-state index contributed by atoms with van der Waals surface area (Å²) in [4.78, 5) is 0. The van der Waals surface area contributed by atoms with Gasteiger partial charge in [-0.2, -0.15) is 0 Å². The molecule has 0 unspecified atom stereocenters. The van der Waals surface area contributed by atoms with E-state index in [-0.39, 0.29) is 12.7 Å². The first-order valence-corrected chi connectivity index (χ1v) is 13.8. The first kappa shape index (κ1) is 27.6. The van der Waals surface area contributed by atoms with Gasteiger partial charge in [0, 0.05) is 7.11 Å². The van der Waals surface area contributed by atoms with Gasteiger partial charge in [0.05, 0.1) is 19.3 Å². The Bertz CT molecular complexity index is 1130. The molecular weight excluding hydrogens is 496 g/mol. The summed E-state index contributed by atoms with van der Waals surface area (Å²) < 4.78 is 29.3. The van der Waals surface area contributed by atoms with Crippen LogP contribution in [0.2, 0.25) is 0 Å². The lowest BCUT2D eigenvalue weighted by Crippen LogP contribution is -2.61. The molecule has 2 N–H and O–H groups in total. The van der Waals surface area contributed by atoms with Crippen LogP contribution in [0.5, 0.6) is 11.5 Å². The second kappa shape index (κ2) is 13.4. The lowest BCUT2D eigenvalue weighted by molar-refractivity contribution is -0.291. The predicted octanol–water partition coefficient (Wildman–Crippen LogP) is 5.12. The molecule has 0 radical (unpaired) electrons. The normalized spacial score (nSPS) is 25.8. The summed E-state index contributed by atoms with van der Waals surface area (Å²) in [5.41, 5.74) is 3.29. The molecule has 2 aliphatic rings. The lowest BCUT2D eigenvalue weighted by Gasteiger charge is -2.41. The zero-order valence-electron chi connectivity index (χ0n) is 22.4. The number of ether oxygens (including phenoxy) is 5. The fraction of sp³-hybridized carbons (Fsp3) is 0.438. The van der Waals surface area contributed by atoms with Crippen molar-refractivity contribution in [2.24, 2.45) is 0 Å². The van der Waals surface area contributed by atoms with Crippen molar-refractivity contribution in [1.82, 2.24) is 0 Å². The zero-order chi connectivity index (χ0) is 27.0. The Labute approximate surface area is 230 Å². The van der Waals surface area contributed by atoms with Gasteiger partial charge in [-0.05, 0) is 66.6 Å². The van der Waals surface area contributed by atoms with Crippen LogP contribution in [0.15, 0.2) is 78.9 Å². The van der Waals surface area contributed by atoms with E-state index < -0.39 is 30.7 Å². The molecule has 0 amide bonds. The molecule has 1 heterocycles. The maximum Gasteiger partial charge on any atom is 0.197 e. The number of benzene rings is 3. The maximum atomic E-state index is 10.9. The Balaban J connectivity index is 1.12. The van der Waals surface area contributed by atoms with E-state index in [9.17, 15) is 10.2 Å². The van der Waals surface area contributed by atoms with E-state index in [4.69, 9.17) is 23.7 Å². The van der Waals surface area contributed by atoms with Crippen molar-refractivity contribution < 1.29 is 33.9 Å². The monoisotopic (exact) mass is 534 g/mol. The third kappa shape index (κ3) is 7.18. The Hall–Kier alpha value is -2.94. The topological polar surface area (TPSA) is 86.6 Å². The summed E-state index contributed by atoms with van der Waals surface area (Å²) in [5, 5.41) is 21.7. The Morgan fingerprint density at radius 2 is 1.38 bits per heavy atom. The maximum absolute atomic E-state index is 10.9. The fourth-order valence-electron chi connectivity index (χ4n) is 5.20. The molecule has 0 spiro atoms. The van der Waals surface area contributed by atoms with Gasteiger partial charge in [0.2, 0.25) is 0 Å². The fourth-order valence-corrected chi connectivity index (χ4v) is 5.20. The van der Waals surface area contributed by atoms with Gasteiger partial charge in [-0.1, -0.05) is 61.0 Å². The Morgan fingerprint density at radius 1 is 0.744 bits per heavy atom. The SMILES string of the molecule is CO[C@H]1O[C@H](COCc2ccc(-c3ccccc3)cc2)[C@@H](O)[C@H](O)[C@H]1Oc1ccc(OC2CCCCC2)cc1. The standard InChI is InChI=1S/C32H38O7/c1-35-32-31(38-27-18-16-26(17-19-27)37-25-10-6-3-7-11-25)30(34)29(33)28(39-32)21-36-20-22-12-14-24(15-13-22)23-8-4-2-5-9-23/h2,4-5,8-9,12-19,25,28-34H,3,6-7,10-11,20-21H2,1H3/t28-,29-,30+,31-,32+/m1/s1. The largest absolute Gasteiger partial charge is 0.490 e. The number of methoxy groups -OCH3 is 1. The van der Waals surface area contributed by atoms with Crippen LogP contribution in [0.3, 0.4) is 0 Å². The van der Waals surface area contributed by atoms with E-state index in [1.54, 1.807) is 12.1 Å². The molecule has 3 aromatic carbocycles. The van der Waals surface area contributed by atoms with Gasteiger partial charge in [-0.15, -0.1) is 0 Å². The molecule has 208 valence electrons. The van der Waals surface area contributed by atoms with Gasteiger partial charge in [0.1, 0.15) is 29.8 Å². The molecule has 5 atom stereocenters. The van der Waals surface area contributed by atoms with E-state index >= 15 is 0 Å². The molecule has 2 fully saturated rings. The molecule has 1 saturated carbocycles. The van der Waals surface area contributed by atoms with Crippen LogP contribution in [0.4, 0.5) is 0 Å². The Morgan fingerprint density at radius 3 is 2.05 bits per heavy atom. The van der Waals surface area contributed by atoms with Crippen molar-refractivity contribution in [3.8, 4) is 22.6 Å². The second-order valence-corrected chi connectivity index (χ2v) is 10.3. The van der Waals surface area contributed by atoms with Crippen molar-refractivity contribution in [3.63, 3.8) is 0 Å². The summed E-state index contributed by atoms with van der Waals surface area (Å²) in [5.74, 6) is 1.33. The van der Waals surface area contributed by atoms with Crippen molar-refractivity contribution >= 4 is 0 Å². The number of hydrogen-bond acceptors (Lipinski definition) is 7. The quantitative estimate of drug-likeness (QED) is 0.373. The summed E-state index contributed by atoms with van der Waals surface area (Å²) in [6, 6.07) is 25.6. The van der Waals surface area contributed by atoms with Gasteiger partial charge < -0.3 is 33.9 Å². The summed E-state index contributed by atoms with van der Waals surface area (Å²) >= 11 is 0. The molecule has 7 nitrogen and oxygen atoms in total. The molecule has 5 rings (SSSR count). The highest BCUT2D eigenvalue weighted by Crippen LogP contribution is 2.29. The molecular formula is C32H38O7. The van der Waals surface area contributed by atoms with Crippen LogP contribution in [0.25, 0.3) is 11.1 Å².